The lowest BCUT2D eigenvalue weighted by Gasteiger charge is -2.16. The summed E-state index contributed by atoms with van der Waals surface area (Å²) in [5.74, 6) is 0. The third-order valence-electron chi connectivity index (χ3n) is 3.81. The minimum Gasteiger partial charge on any atom is -0.372 e. The SMILES string of the molecule is c1ccc(COC2CCN(Cc3ccccc3)C2)cc1. The van der Waals surface area contributed by atoms with E-state index < -0.39 is 0 Å². The average Bonchev–Trinajstić information content (AvgIpc) is 2.95. The molecule has 0 aromatic heterocycles. The molecule has 104 valence electrons. The van der Waals surface area contributed by atoms with Crippen LogP contribution in [0.4, 0.5) is 0 Å². The van der Waals surface area contributed by atoms with Crippen molar-refractivity contribution in [2.75, 3.05) is 13.1 Å². The summed E-state index contributed by atoms with van der Waals surface area (Å²) in [6, 6.07) is 21.1. The first-order chi connectivity index (χ1) is 9.90. The quantitative estimate of drug-likeness (QED) is 0.822. The molecule has 1 heterocycles. The normalized spacial score (nSPS) is 19.3. The Kier molecular flexibility index (Phi) is 4.46. The number of hydrogen-bond donors (Lipinski definition) is 0. The van der Waals surface area contributed by atoms with Crippen molar-refractivity contribution >= 4 is 0 Å². The molecule has 2 aromatic carbocycles. The topological polar surface area (TPSA) is 12.5 Å². The van der Waals surface area contributed by atoms with Crippen LogP contribution in [-0.4, -0.2) is 24.1 Å². The van der Waals surface area contributed by atoms with E-state index in [2.05, 4.69) is 59.5 Å². The summed E-state index contributed by atoms with van der Waals surface area (Å²) in [5.41, 5.74) is 2.64. The second-order valence-corrected chi connectivity index (χ2v) is 5.43. The Morgan fingerprint density at radius 3 is 2.25 bits per heavy atom. The van der Waals surface area contributed by atoms with Gasteiger partial charge < -0.3 is 4.74 Å². The van der Waals surface area contributed by atoms with E-state index in [4.69, 9.17) is 4.74 Å². The van der Waals surface area contributed by atoms with Crippen LogP contribution in [0.1, 0.15) is 17.5 Å². The summed E-state index contributed by atoms with van der Waals surface area (Å²) in [4.78, 5) is 2.48. The lowest BCUT2D eigenvalue weighted by molar-refractivity contribution is 0.0461. The van der Waals surface area contributed by atoms with Gasteiger partial charge in [0.2, 0.25) is 0 Å². The molecule has 1 saturated heterocycles. The molecule has 2 nitrogen and oxygen atoms in total. The van der Waals surface area contributed by atoms with Crippen LogP contribution < -0.4 is 0 Å². The predicted octanol–water partition coefficient (Wildman–Crippen LogP) is 3.48. The zero-order valence-electron chi connectivity index (χ0n) is 11.7. The van der Waals surface area contributed by atoms with Crippen LogP contribution in [0.5, 0.6) is 0 Å². The summed E-state index contributed by atoms with van der Waals surface area (Å²) < 4.78 is 6.02. The molecule has 20 heavy (non-hydrogen) atoms. The molecule has 2 aromatic rings. The van der Waals surface area contributed by atoms with E-state index in [1.807, 2.05) is 6.07 Å². The maximum absolute atomic E-state index is 6.02. The van der Waals surface area contributed by atoms with Gasteiger partial charge in [0, 0.05) is 19.6 Å². The van der Waals surface area contributed by atoms with Gasteiger partial charge in [-0.2, -0.15) is 0 Å². The van der Waals surface area contributed by atoms with Crippen LogP contribution in [0.3, 0.4) is 0 Å². The van der Waals surface area contributed by atoms with Gasteiger partial charge in [0.15, 0.2) is 0 Å². The average molecular weight is 267 g/mol. The van der Waals surface area contributed by atoms with Crippen molar-refractivity contribution in [2.24, 2.45) is 0 Å². The standard InChI is InChI=1S/C18H21NO/c1-3-7-16(8-4-1)13-19-12-11-18(14-19)20-15-17-9-5-2-6-10-17/h1-10,18H,11-15H2. The second kappa shape index (κ2) is 6.69. The highest BCUT2D eigenvalue weighted by Crippen LogP contribution is 2.17. The van der Waals surface area contributed by atoms with E-state index >= 15 is 0 Å². The Balaban J connectivity index is 1.45. The number of hydrogen-bond acceptors (Lipinski definition) is 2. The van der Waals surface area contributed by atoms with Crippen molar-refractivity contribution in [3.8, 4) is 0 Å². The lowest BCUT2D eigenvalue weighted by Crippen LogP contribution is -2.22. The fourth-order valence-corrected chi connectivity index (χ4v) is 2.71. The predicted molar refractivity (Wildman–Crippen MR) is 81.4 cm³/mol. The first-order valence-electron chi connectivity index (χ1n) is 7.32. The van der Waals surface area contributed by atoms with Crippen LogP contribution in [0.25, 0.3) is 0 Å². The monoisotopic (exact) mass is 267 g/mol. The molecule has 3 rings (SSSR count). The van der Waals surface area contributed by atoms with E-state index in [9.17, 15) is 0 Å². The van der Waals surface area contributed by atoms with Gasteiger partial charge in [0.1, 0.15) is 0 Å². The number of nitrogens with zero attached hydrogens (tertiary/aromatic N) is 1. The Labute approximate surface area is 121 Å². The van der Waals surface area contributed by atoms with Gasteiger partial charge in [-0.25, -0.2) is 0 Å². The van der Waals surface area contributed by atoms with Crippen LogP contribution in [-0.2, 0) is 17.9 Å². The number of benzene rings is 2. The molecule has 0 radical (unpaired) electrons. The van der Waals surface area contributed by atoms with Crippen LogP contribution >= 0.6 is 0 Å². The maximum atomic E-state index is 6.02. The van der Waals surface area contributed by atoms with Gasteiger partial charge in [-0.15, -0.1) is 0 Å². The third-order valence-corrected chi connectivity index (χ3v) is 3.81. The molecule has 0 aliphatic carbocycles. The minimum absolute atomic E-state index is 0.374. The summed E-state index contributed by atoms with van der Waals surface area (Å²) in [6.07, 6.45) is 1.51. The largest absolute Gasteiger partial charge is 0.372 e. The number of rotatable bonds is 5. The van der Waals surface area contributed by atoms with E-state index in [0.29, 0.717) is 6.10 Å². The highest BCUT2D eigenvalue weighted by Gasteiger charge is 2.22. The molecular weight excluding hydrogens is 246 g/mol. The highest BCUT2D eigenvalue weighted by atomic mass is 16.5. The Morgan fingerprint density at radius 1 is 0.900 bits per heavy atom. The molecule has 0 spiro atoms. The lowest BCUT2D eigenvalue weighted by atomic mass is 10.2. The Morgan fingerprint density at radius 2 is 1.55 bits per heavy atom. The minimum atomic E-state index is 0.374. The molecule has 0 saturated carbocycles. The molecule has 1 aliphatic heterocycles. The van der Waals surface area contributed by atoms with E-state index in [0.717, 1.165) is 32.7 Å². The van der Waals surface area contributed by atoms with Crippen LogP contribution in [0.2, 0.25) is 0 Å². The van der Waals surface area contributed by atoms with E-state index in [1.165, 1.54) is 11.1 Å². The first-order valence-corrected chi connectivity index (χ1v) is 7.32. The zero-order chi connectivity index (χ0) is 13.6. The van der Waals surface area contributed by atoms with Gasteiger partial charge in [-0.1, -0.05) is 60.7 Å². The van der Waals surface area contributed by atoms with Gasteiger partial charge in [0.25, 0.3) is 0 Å². The van der Waals surface area contributed by atoms with Crippen molar-refractivity contribution in [3.05, 3.63) is 71.8 Å². The van der Waals surface area contributed by atoms with Crippen molar-refractivity contribution in [3.63, 3.8) is 0 Å². The third kappa shape index (κ3) is 3.69. The van der Waals surface area contributed by atoms with Crippen molar-refractivity contribution in [1.82, 2.24) is 4.90 Å². The number of ether oxygens (including phenoxy) is 1. The van der Waals surface area contributed by atoms with Gasteiger partial charge in [-0.05, 0) is 17.5 Å². The smallest absolute Gasteiger partial charge is 0.0721 e. The molecule has 1 aliphatic rings. The summed E-state index contributed by atoms with van der Waals surface area (Å²) in [5, 5.41) is 0. The first kappa shape index (κ1) is 13.3. The van der Waals surface area contributed by atoms with Gasteiger partial charge >= 0.3 is 0 Å². The van der Waals surface area contributed by atoms with E-state index in [1.54, 1.807) is 0 Å². The molecule has 0 N–H and O–H groups in total. The maximum Gasteiger partial charge on any atom is 0.0721 e. The van der Waals surface area contributed by atoms with E-state index in [-0.39, 0.29) is 0 Å². The molecular formula is C18H21NO. The number of likely N-dealkylation sites (tertiary alicyclic amines) is 1. The van der Waals surface area contributed by atoms with Crippen molar-refractivity contribution < 1.29 is 4.74 Å². The molecule has 1 unspecified atom stereocenters. The highest BCUT2D eigenvalue weighted by molar-refractivity contribution is 5.15. The zero-order valence-corrected chi connectivity index (χ0v) is 11.7. The van der Waals surface area contributed by atoms with Crippen molar-refractivity contribution in [2.45, 2.75) is 25.7 Å². The van der Waals surface area contributed by atoms with Gasteiger partial charge in [0.05, 0.1) is 12.7 Å². The molecule has 1 fully saturated rings. The molecule has 0 amide bonds. The van der Waals surface area contributed by atoms with Crippen molar-refractivity contribution in [1.29, 1.82) is 0 Å². The van der Waals surface area contributed by atoms with Crippen LogP contribution in [0, 0.1) is 0 Å². The molecule has 2 heteroatoms. The second-order valence-electron chi connectivity index (χ2n) is 5.43. The fraction of sp³-hybridized carbons (Fsp3) is 0.333. The summed E-state index contributed by atoms with van der Waals surface area (Å²) >= 11 is 0. The summed E-state index contributed by atoms with van der Waals surface area (Å²) in [7, 11) is 0. The Hall–Kier alpha value is -1.64. The molecule has 1 atom stereocenters. The Bertz CT molecular complexity index is 511. The molecule has 0 bridgehead atoms. The van der Waals surface area contributed by atoms with Gasteiger partial charge in [-0.3, -0.25) is 4.90 Å². The summed E-state index contributed by atoms with van der Waals surface area (Å²) in [6.45, 7) is 3.94. The van der Waals surface area contributed by atoms with Crippen LogP contribution in [0.15, 0.2) is 60.7 Å². The fourth-order valence-electron chi connectivity index (χ4n) is 2.71.